The van der Waals surface area contributed by atoms with Crippen LogP contribution in [0.25, 0.3) is 0 Å². The van der Waals surface area contributed by atoms with Crippen molar-refractivity contribution >= 4 is 11.9 Å². The predicted molar refractivity (Wildman–Crippen MR) is 77.8 cm³/mol. The molecule has 114 valence electrons. The topological polar surface area (TPSA) is 64.6 Å². The average molecular weight is 291 g/mol. The third kappa shape index (κ3) is 4.86. The van der Waals surface area contributed by atoms with Crippen molar-refractivity contribution in [1.29, 1.82) is 0 Å². The van der Waals surface area contributed by atoms with Crippen molar-refractivity contribution in [1.82, 2.24) is 5.32 Å². The Kier molecular flexibility index (Phi) is 5.75. The minimum atomic E-state index is -0.496. The van der Waals surface area contributed by atoms with E-state index in [0.717, 1.165) is 12.8 Å². The van der Waals surface area contributed by atoms with E-state index in [4.69, 9.17) is 9.47 Å². The maximum Gasteiger partial charge on any atom is 0.335 e. The minimum absolute atomic E-state index is 0.244. The van der Waals surface area contributed by atoms with Crippen LogP contribution >= 0.6 is 0 Å². The first-order chi connectivity index (χ1) is 10.2. The molecule has 0 bridgehead atoms. The first-order valence-electron chi connectivity index (χ1n) is 7.26. The maximum atomic E-state index is 11.6. The highest BCUT2D eigenvalue weighted by molar-refractivity contribution is 5.82. The summed E-state index contributed by atoms with van der Waals surface area (Å²) >= 11 is 0. The fraction of sp³-hybridized carbons (Fsp3) is 0.500. The van der Waals surface area contributed by atoms with Gasteiger partial charge in [0.05, 0.1) is 0 Å². The Morgan fingerprint density at radius 3 is 2.90 bits per heavy atom. The van der Waals surface area contributed by atoms with Crippen molar-refractivity contribution in [2.75, 3.05) is 19.8 Å². The van der Waals surface area contributed by atoms with Crippen molar-refractivity contribution in [3.63, 3.8) is 0 Å². The number of esters is 1. The van der Waals surface area contributed by atoms with E-state index in [0.29, 0.717) is 19.6 Å². The van der Waals surface area contributed by atoms with E-state index in [1.54, 1.807) is 0 Å². The number of hydrogen-bond donors (Lipinski definition) is 1. The lowest BCUT2D eigenvalue weighted by Crippen LogP contribution is -2.32. The van der Waals surface area contributed by atoms with E-state index in [1.807, 2.05) is 31.2 Å². The second-order valence-corrected chi connectivity index (χ2v) is 5.14. The summed E-state index contributed by atoms with van der Waals surface area (Å²) in [6.07, 6.45) is 1.80. The van der Waals surface area contributed by atoms with Crippen LogP contribution in [0.5, 0.6) is 0 Å². The van der Waals surface area contributed by atoms with Gasteiger partial charge < -0.3 is 14.8 Å². The Morgan fingerprint density at radius 2 is 2.19 bits per heavy atom. The second kappa shape index (κ2) is 7.78. The molecule has 0 saturated carbocycles. The van der Waals surface area contributed by atoms with Crippen LogP contribution in [0.2, 0.25) is 0 Å². The molecular weight excluding hydrogens is 270 g/mol. The molecule has 1 atom stereocenters. The molecule has 1 aromatic carbocycles. The van der Waals surface area contributed by atoms with Crippen LogP contribution < -0.4 is 5.32 Å². The van der Waals surface area contributed by atoms with Crippen LogP contribution in [0.3, 0.4) is 0 Å². The SMILES string of the molecule is Cc1ccccc1CCNC(=O)COC(=O)[C@@H]1CCCO1. The van der Waals surface area contributed by atoms with Crippen LogP contribution in [0, 0.1) is 6.92 Å². The maximum absolute atomic E-state index is 11.6. The third-order valence-electron chi connectivity index (χ3n) is 3.52. The van der Waals surface area contributed by atoms with Crippen LogP contribution in [0.15, 0.2) is 24.3 Å². The van der Waals surface area contributed by atoms with Crippen molar-refractivity contribution in [2.24, 2.45) is 0 Å². The van der Waals surface area contributed by atoms with E-state index >= 15 is 0 Å². The van der Waals surface area contributed by atoms with E-state index in [1.165, 1.54) is 11.1 Å². The number of aryl methyl sites for hydroxylation is 1. The molecule has 1 aromatic rings. The molecule has 1 N–H and O–H groups in total. The molecule has 0 spiro atoms. The van der Waals surface area contributed by atoms with Gasteiger partial charge in [0.2, 0.25) is 0 Å². The molecule has 5 heteroatoms. The van der Waals surface area contributed by atoms with Gasteiger partial charge in [-0.15, -0.1) is 0 Å². The van der Waals surface area contributed by atoms with Gasteiger partial charge in [0.15, 0.2) is 12.7 Å². The van der Waals surface area contributed by atoms with Crippen LogP contribution in [-0.4, -0.2) is 37.7 Å². The largest absolute Gasteiger partial charge is 0.454 e. The van der Waals surface area contributed by atoms with Gasteiger partial charge in [0, 0.05) is 13.2 Å². The second-order valence-electron chi connectivity index (χ2n) is 5.14. The average Bonchev–Trinajstić information content (AvgIpc) is 3.01. The Balaban J connectivity index is 1.63. The molecule has 0 unspecified atom stereocenters. The first-order valence-corrected chi connectivity index (χ1v) is 7.26. The normalized spacial score (nSPS) is 17.5. The van der Waals surface area contributed by atoms with Crippen molar-refractivity contribution in [3.05, 3.63) is 35.4 Å². The summed E-state index contributed by atoms with van der Waals surface area (Å²) in [5.41, 5.74) is 2.41. The van der Waals surface area contributed by atoms with Gasteiger partial charge in [-0.2, -0.15) is 0 Å². The number of benzene rings is 1. The zero-order chi connectivity index (χ0) is 15.1. The fourth-order valence-corrected chi connectivity index (χ4v) is 2.27. The van der Waals surface area contributed by atoms with Crippen LogP contribution in [-0.2, 0) is 25.5 Å². The molecule has 1 saturated heterocycles. The predicted octanol–water partition coefficient (Wildman–Crippen LogP) is 1.38. The summed E-state index contributed by atoms with van der Waals surface area (Å²) in [5.74, 6) is -0.725. The fourth-order valence-electron chi connectivity index (χ4n) is 2.27. The van der Waals surface area contributed by atoms with Gasteiger partial charge in [-0.05, 0) is 37.3 Å². The van der Waals surface area contributed by atoms with E-state index in [2.05, 4.69) is 5.32 Å². The molecule has 0 radical (unpaired) electrons. The summed E-state index contributed by atoms with van der Waals surface area (Å²) in [6, 6.07) is 8.05. The van der Waals surface area contributed by atoms with Gasteiger partial charge in [-0.1, -0.05) is 24.3 Å². The number of hydrogen-bond acceptors (Lipinski definition) is 4. The van der Waals surface area contributed by atoms with Gasteiger partial charge in [0.1, 0.15) is 0 Å². The molecule has 5 nitrogen and oxygen atoms in total. The highest BCUT2D eigenvalue weighted by Crippen LogP contribution is 2.13. The van der Waals surface area contributed by atoms with Crippen molar-refractivity contribution in [2.45, 2.75) is 32.3 Å². The Labute approximate surface area is 124 Å². The van der Waals surface area contributed by atoms with Crippen molar-refractivity contribution in [3.8, 4) is 0 Å². The summed E-state index contributed by atoms with van der Waals surface area (Å²) in [6.45, 7) is 2.91. The van der Waals surface area contributed by atoms with Crippen LogP contribution in [0.4, 0.5) is 0 Å². The molecule has 0 aromatic heterocycles. The van der Waals surface area contributed by atoms with Gasteiger partial charge in [-0.3, -0.25) is 4.79 Å². The number of amides is 1. The first kappa shape index (κ1) is 15.5. The lowest BCUT2D eigenvalue weighted by Gasteiger charge is -2.10. The summed E-state index contributed by atoms with van der Waals surface area (Å²) in [4.78, 5) is 23.2. The van der Waals surface area contributed by atoms with Gasteiger partial charge in [0.25, 0.3) is 5.91 Å². The lowest BCUT2D eigenvalue weighted by atomic mass is 10.1. The van der Waals surface area contributed by atoms with E-state index in [-0.39, 0.29) is 12.5 Å². The number of ether oxygens (including phenoxy) is 2. The lowest BCUT2D eigenvalue weighted by molar-refractivity contribution is -0.157. The summed E-state index contributed by atoms with van der Waals surface area (Å²) in [7, 11) is 0. The highest BCUT2D eigenvalue weighted by atomic mass is 16.6. The standard InChI is InChI=1S/C16H21NO4/c1-12-5-2-3-6-13(12)8-9-17-15(18)11-21-16(19)14-7-4-10-20-14/h2-3,5-6,14H,4,7-11H2,1H3,(H,17,18)/t14-/m0/s1. The van der Waals surface area contributed by atoms with Gasteiger partial charge in [-0.25, -0.2) is 4.79 Å². The van der Waals surface area contributed by atoms with E-state index in [9.17, 15) is 9.59 Å². The summed E-state index contributed by atoms with van der Waals surface area (Å²) < 4.78 is 10.1. The molecule has 21 heavy (non-hydrogen) atoms. The molecule has 1 aliphatic rings. The summed E-state index contributed by atoms with van der Waals surface area (Å²) in [5, 5.41) is 2.75. The zero-order valence-electron chi connectivity index (χ0n) is 12.3. The number of carbonyl (C=O) groups excluding carboxylic acids is 2. The number of carbonyl (C=O) groups is 2. The Morgan fingerprint density at radius 1 is 1.38 bits per heavy atom. The highest BCUT2D eigenvalue weighted by Gasteiger charge is 2.25. The third-order valence-corrected chi connectivity index (χ3v) is 3.52. The molecule has 1 heterocycles. The number of nitrogens with one attached hydrogen (secondary N) is 1. The minimum Gasteiger partial charge on any atom is -0.454 e. The van der Waals surface area contributed by atoms with Gasteiger partial charge >= 0.3 is 5.97 Å². The zero-order valence-corrected chi connectivity index (χ0v) is 12.3. The molecule has 1 amide bonds. The van der Waals surface area contributed by atoms with Crippen LogP contribution in [0.1, 0.15) is 24.0 Å². The number of rotatable bonds is 6. The molecule has 2 rings (SSSR count). The Bertz CT molecular complexity index is 495. The monoisotopic (exact) mass is 291 g/mol. The molecular formula is C16H21NO4. The Hall–Kier alpha value is -1.88. The smallest absolute Gasteiger partial charge is 0.335 e. The van der Waals surface area contributed by atoms with Crippen molar-refractivity contribution < 1.29 is 19.1 Å². The molecule has 1 aliphatic heterocycles. The molecule has 0 aliphatic carbocycles. The quantitative estimate of drug-likeness (QED) is 0.804. The molecule has 1 fully saturated rings. The van der Waals surface area contributed by atoms with E-state index < -0.39 is 12.1 Å².